The van der Waals surface area contributed by atoms with E-state index in [1.54, 1.807) is 18.2 Å². The van der Waals surface area contributed by atoms with Gasteiger partial charge in [-0.3, -0.25) is 4.79 Å². The highest BCUT2D eigenvalue weighted by Crippen LogP contribution is 2.29. The molecule has 0 spiro atoms. The lowest BCUT2D eigenvalue weighted by molar-refractivity contribution is -0.113. The first-order chi connectivity index (χ1) is 14.9. The van der Waals surface area contributed by atoms with E-state index in [-0.39, 0.29) is 18.3 Å². The smallest absolute Gasteiger partial charge is 0.234 e. The summed E-state index contributed by atoms with van der Waals surface area (Å²) in [6.07, 6.45) is 0. The lowest BCUT2D eigenvalue weighted by Gasteiger charge is -2.12. The fourth-order valence-electron chi connectivity index (χ4n) is 2.64. The van der Waals surface area contributed by atoms with Gasteiger partial charge in [0.2, 0.25) is 5.91 Å². The Kier molecular flexibility index (Phi) is 8.22. The zero-order valence-corrected chi connectivity index (χ0v) is 20.5. The molecule has 0 saturated heterocycles. The Morgan fingerprint density at radius 3 is 2.74 bits per heavy atom. The van der Waals surface area contributed by atoms with Crippen molar-refractivity contribution in [3.8, 4) is 11.5 Å². The predicted molar refractivity (Wildman–Crippen MR) is 126 cm³/mol. The number of rotatable bonds is 9. The molecular weight excluding hydrogens is 504 g/mol. The lowest BCUT2D eigenvalue weighted by Crippen LogP contribution is -2.14. The summed E-state index contributed by atoms with van der Waals surface area (Å²) in [5, 5.41) is 12.3. The predicted octanol–water partition coefficient (Wildman–Crippen LogP) is 5.25. The van der Waals surface area contributed by atoms with Gasteiger partial charge in [-0.05, 0) is 65.7 Å². The SMILES string of the molecule is CCOc1cc(C)ccc1OCc1nnc(SCC(=O)Nc2ccc(Br)c(Cl)c2)n1C. The molecule has 31 heavy (non-hydrogen) atoms. The number of carbonyl (C=O) groups is 1. The largest absolute Gasteiger partial charge is 0.490 e. The van der Waals surface area contributed by atoms with Crippen LogP contribution in [0, 0.1) is 6.92 Å². The summed E-state index contributed by atoms with van der Waals surface area (Å²) in [5.41, 5.74) is 1.73. The molecule has 0 radical (unpaired) electrons. The molecule has 0 aliphatic heterocycles. The molecule has 0 unspecified atom stereocenters. The van der Waals surface area contributed by atoms with Gasteiger partial charge in [0.1, 0.15) is 6.61 Å². The summed E-state index contributed by atoms with van der Waals surface area (Å²) in [6.45, 7) is 4.72. The summed E-state index contributed by atoms with van der Waals surface area (Å²) >= 11 is 10.7. The molecule has 0 saturated carbocycles. The molecule has 0 fully saturated rings. The van der Waals surface area contributed by atoms with Gasteiger partial charge >= 0.3 is 0 Å². The molecule has 1 amide bonds. The van der Waals surface area contributed by atoms with Gasteiger partial charge in [-0.15, -0.1) is 10.2 Å². The number of benzene rings is 2. The highest BCUT2D eigenvalue weighted by molar-refractivity contribution is 9.10. The number of ether oxygens (including phenoxy) is 2. The Morgan fingerprint density at radius 2 is 2.00 bits per heavy atom. The van der Waals surface area contributed by atoms with E-state index in [1.165, 1.54) is 11.8 Å². The van der Waals surface area contributed by atoms with Crippen LogP contribution < -0.4 is 14.8 Å². The van der Waals surface area contributed by atoms with Crippen molar-refractivity contribution in [3.63, 3.8) is 0 Å². The fourth-order valence-corrected chi connectivity index (χ4v) is 3.80. The van der Waals surface area contributed by atoms with Crippen molar-refractivity contribution in [2.24, 2.45) is 7.05 Å². The van der Waals surface area contributed by atoms with Crippen LogP contribution in [-0.4, -0.2) is 33.0 Å². The monoisotopic (exact) mass is 524 g/mol. The molecule has 7 nitrogen and oxygen atoms in total. The van der Waals surface area contributed by atoms with Gasteiger partial charge in [-0.2, -0.15) is 0 Å². The summed E-state index contributed by atoms with van der Waals surface area (Å²) in [5.74, 6) is 2.02. The number of nitrogens with one attached hydrogen (secondary N) is 1. The lowest BCUT2D eigenvalue weighted by atomic mass is 10.2. The Bertz CT molecular complexity index is 1080. The Morgan fingerprint density at radius 1 is 1.19 bits per heavy atom. The maximum absolute atomic E-state index is 12.3. The molecule has 3 aromatic rings. The number of anilines is 1. The van der Waals surface area contributed by atoms with Crippen molar-refractivity contribution in [3.05, 3.63) is 57.3 Å². The van der Waals surface area contributed by atoms with E-state index in [9.17, 15) is 4.79 Å². The fraction of sp³-hybridized carbons (Fsp3) is 0.286. The van der Waals surface area contributed by atoms with Crippen molar-refractivity contribution >= 4 is 50.9 Å². The second kappa shape index (κ2) is 10.9. The first-order valence-corrected chi connectivity index (χ1v) is 11.6. The van der Waals surface area contributed by atoms with Crippen LogP contribution in [0.3, 0.4) is 0 Å². The minimum Gasteiger partial charge on any atom is -0.490 e. The van der Waals surface area contributed by atoms with Crippen molar-refractivity contribution in [1.29, 1.82) is 0 Å². The number of amides is 1. The standard InChI is InChI=1S/C21H22BrClN4O3S/c1-4-29-18-9-13(2)5-8-17(18)30-11-19-25-26-21(27(19)3)31-12-20(28)24-14-6-7-15(22)16(23)10-14/h5-10H,4,11-12H2,1-3H3,(H,24,28). The highest BCUT2D eigenvalue weighted by atomic mass is 79.9. The molecule has 0 atom stereocenters. The minimum atomic E-state index is -0.162. The minimum absolute atomic E-state index is 0.162. The van der Waals surface area contributed by atoms with Gasteiger partial charge < -0.3 is 19.4 Å². The highest BCUT2D eigenvalue weighted by Gasteiger charge is 2.14. The van der Waals surface area contributed by atoms with E-state index >= 15 is 0 Å². The third-order valence-electron chi connectivity index (χ3n) is 4.22. The molecule has 10 heteroatoms. The Balaban J connectivity index is 1.56. The second-order valence-electron chi connectivity index (χ2n) is 6.60. The normalized spacial score (nSPS) is 10.7. The van der Waals surface area contributed by atoms with Gasteiger partial charge in [0.15, 0.2) is 22.5 Å². The molecule has 3 rings (SSSR count). The number of aromatic nitrogens is 3. The van der Waals surface area contributed by atoms with Gasteiger partial charge in [0.05, 0.1) is 17.4 Å². The summed E-state index contributed by atoms with van der Waals surface area (Å²) in [6, 6.07) is 11.0. The Hall–Kier alpha value is -2.23. The Labute approximate surface area is 198 Å². The maximum Gasteiger partial charge on any atom is 0.234 e. The van der Waals surface area contributed by atoms with Crippen LogP contribution in [0.4, 0.5) is 5.69 Å². The summed E-state index contributed by atoms with van der Waals surface area (Å²) in [7, 11) is 1.84. The molecule has 1 N–H and O–H groups in total. The van der Waals surface area contributed by atoms with E-state index in [0.29, 0.717) is 39.8 Å². The molecule has 164 valence electrons. The number of hydrogen-bond donors (Lipinski definition) is 1. The van der Waals surface area contributed by atoms with Crippen LogP contribution in [0.1, 0.15) is 18.3 Å². The number of carbonyl (C=O) groups excluding carboxylic acids is 1. The van der Waals surface area contributed by atoms with Crippen LogP contribution in [-0.2, 0) is 18.4 Å². The van der Waals surface area contributed by atoms with Crippen LogP contribution in [0.5, 0.6) is 11.5 Å². The zero-order valence-electron chi connectivity index (χ0n) is 17.3. The van der Waals surface area contributed by atoms with Crippen LogP contribution in [0.2, 0.25) is 5.02 Å². The van der Waals surface area contributed by atoms with Crippen molar-refractivity contribution in [2.45, 2.75) is 25.6 Å². The van der Waals surface area contributed by atoms with E-state index in [1.807, 2.05) is 43.7 Å². The third kappa shape index (κ3) is 6.38. The second-order valence-corrected chi connectivity index (χ2v) is 8.80. The molecule has 1 heterocycles. The first-order valence-electron chi connectivity index (χ1n) is 9.49. The average Bonchev–Trinajstić information content (AvgIpc) is 3.08. The average molecular weight is 526 g/mol. The molecule has 2 aromatic carbocycles. The van der Waals surface area contributed by atoms with E-state index in [2.05, 4.69) is 31.4 Å². The number of aryl methyl sites for hydroxylation is 1. The quantitative estimate of drug-likeness (QED) is 0.385. The van der Waals surface area contributed by atoms with Gasteiger partial charge in [0, 0.05) is 17.2 Å². The van der Waals surface area contributed by atoms with Crippen LogP contribution in [0.25, 0.3) is 0 Å². The summed E-state index contributed by atoms with van der Waals surface area (Å²) < 4.78 is 14.1. The van der Waals surface area contributed by atoms with Crippen LogP contribution in [0.15, 0.2) is 46.0 Å². The van der Waals surface area contributed by atoms with Crippen molar-refractivity contribution in [1.82, 2.24) is 14.8 Å². The molecule has 0 bridgehead atoms. The van der Waals surface area contributed by atoms with Gasteiger partial charge in [-0.25, -0.2) is 0 Å². The molecule has 1 aromatic heterocycles. The van der Waals surface area contributed by atoms with Gasteiger partial charge in [-0.1, -0.05) is 29.4 Å². The topological polar surface area (TPSA) is 78.3 Å². The maximum atomic E-state index is 12.3. The number of nitrogens with zero attached hydrogens (tertiary/aromatic N) is 3. The molecule has 0 aliphatic rings. The van der Waals surface area contributed by atoms with Crippen molar-refractivity contribution in [2.75, 3.05) is 17.7 Å². The van der Waals surface area contributed by atoms with E-state index in [0.717, 1.165) is 10.0 Å². The van der Waals surface area contributed by atoms with Crippen LogP contribution >= 0.6 is 39.3 Å². The van der Waals surface area contributed by atoms with Crippen molar-refractivity contribution < 1.29 is 14.3 Å². The summed E-state index contributed by atoms with van der Waals surface area (Å²) in [4.78, 5) is 12.3. The first kappa shape index (κ1) is 23.4. The van der Waals surface area contributed by atoms with Gasteiger partial charge in [0.25, 0.3) is 0 Å². The van der Waals surface area contributed by atoms with E-state index < -0.39 is 0 Å². The molecule has 0 aliphatic carbocycles. The van der Waals surface area contributed by atoms with E-state index in [4.69, 9.17) is 21.1 Å². The number of thioether (sulfide) groups is 1. The number of hydrogen-bond acceptors (Lipinski definition) is 6. The third-order valence-corrected chi connectivity index (χ3v) is 6.47. The number of halogens is 2. The zero-order chi connectivity index (χ0) is 22.4. The molecular formula is C21H22BrClN4O3S.